The smallest absolute Gasteiger partial charge is 0.416 e. The number of sulfonamides is 1. The number of carbonyl (C=O) groups is 1. The molecule has 188 valence electrons. The van der Waals surface area contributed by atoms with Gasteiger partial charge in [-0.05, 0) is 44.4 Å². The lowest BCUT2D eigenvalue weighted by atomic mass is 9.94. The van der Waals surface area contributed by atoms with Crippen LogP contribution in [0.1, 0.15) is 49.6 Å². The SMILES string of the molecule is CCOC(=O)Cn1ncc2c1CCCC2NS(=O)(=O)c1cc(C(F)(F)F)cc(S(=O)(=O)CC)c1. The van der Waals surface area contributed by atoms with E-state index in [1.54, 1.807) is 6.92 Å². The van der Waals surface area contributed by atoms with Crippen LogP contribution in [0.15, 0.2) is 34.2 Å². The van der Waals surface area contributed by atoms with Crippen LogP contribution in [0.3, 0.4) is 0 Å². The molecule has 14 heteroatoms. The Morgan fingerprint density at radius 2 is 1.85 bits per heavy atom. The van der Waals surface area contributed by atoms with Crippen molar-refractivity contribution in [3.05, 3.63) is 41.2 Å². The van der Waals surface area contributed by atoms with E-state index in [1.807, 2.05) is 0 Å². The molecule has 0 radical (unpaired) electrons. The molecule has 0 amide bonds. The van der Waals surface area contributed by atoms with Crippen LogP contribution in [0.25, 0.3) is 0 Å². The molecule has 3 rings (SSSR count). The van der Waals surface area contributed by atoms with Crippen molar-refractivity contribution in [1.29, 1.82) is 0 Å². The summed E-state index contributed by atoms with van der Waals surface area (Å²) < 4.78 is 99.4. The largest absolute Gasteiger partial charge is 0.465 e. The normalized spacial score (nSPS) is 16.8. The quantitative estimate of drug-likeness (QED) is 0.528. The maximum absolute atomic E-state index is 13.4. The molecule has 9 nitrogen and oxygen atoms in total. The summed E-state index contributed by atoms with van der Waals surface area (Å²) in [5.74, 6) is -1.00. The van der Waals surface area contributed by atoms with Gasteiger partial charge in [-0.15, -0.1) is 0 Å². The highest BCUT2D eigenvalue weighted by Gasteiger charge is 2.35. The van der Waals surface area contributed by atoms with Crippen molar-refractivity contribution in [1.82, 2.24) is 14.5 Å². The lowest BCUT2D eigenvalue weighted by Crippen LogP contribution is -2.31. The predicted molar refractivity (Wildman–Crippen MR) is 114 cm³/mol. The molecular weight excluding hydrogens is 499 g/mol. The predicted octanol–water partition coefficient (Wildman–Crippen LogP) is 2.61. The highest BCUT2D eigenvalue weighted by Crippen LogP contribution is 2.35. The van der Waals surface area contributed by atoms with Gasteiger partial charge in [-0.25, -0.2) is 21.6 Å². The van der Waals surface area contributed by atoms with Gasteiger partial charge in [0.1, 0.15) is 6.54 Å². The van der Waals surface area contributed by atoms with Crippen LogP contribution in [0, 0.1) is 0 Å². The van der Waals surface area contributed by atoms with Crippen LogP contribution in [0.4, 0.5) is 13.2 Å². The number of halogens is 3. The van der Waals surface area contributed by atoms with E-state index >= 15 is 0 Å². The van der Waals surface area contributed by atoms with Crippen LogP contribution in [0.2, 0.25) is 0 Å². The summed E-state index contributed by atoms with van der Waals surface area (Å²) in [6.45, 7) is 2.94. The molecule has 0 aliphatic heterocycles. The Labute approximate surface area is 195 Å². The van der Waals surface area contributed by atoms with E-state index < -0.39 is 59.2 Å². The number of nitrogens with zero attached hydrogens (tertiary/aromatic N) is 2. The number of hydrogen-bond donors (Lipinski definition) is 1. The first kappa shape index (κ1) is 26.2. The van der Waals surface area contributed by atoms with E-state index in [0.717, 1.165) is 6.07 Å². The van der Waals surface area contributed by atoms with E-state index in [0.29, 0.717) is 42.7 Å². The van der Waals surface area contributed by atoms with Crippen molar-refractivity contribution in [2.75, 3.05) is 12.4 Å². The molecule has 0 saturated carbocycles. The second-order valence-electron chi connectivity index (χ2n) is 7.67. The molecule has 1 heterocycles. The topological polar surface area (TPSA) is 124 Å². The highest BCUT2D eigenvalue weighted by atomic mass is 32.2. The van der Waals surface area contributed by atoms with Gasteiger partial charge < -0.3 is 4.74 Å². The Hall–Kier alpha value is -2.45. The number of alkyl halides is 3. The molecule has 1 unspecified atom stereocenters. The molecule has 1 aliphatic carbocycles. The number of hydrogen-bond acceptors (Lipinski definition) is 7. The summed E-state index contributed by atoms with van der Waals surface area (Å²) in [7, 11) is -8.65. The first-order chi connectivity index (χ1) is 15.8. The Morgan fingerprint density at radius 1 is 1.18 bits per heavy atom. The second kappa shape index (κ2) is 9.66. The molecule has 1 atom stereocenters. The number of benzene rings is 1. The molecule has 0 bridgehead atoms. The zero-order valence-corrected chi connectivity index (χ0v) is 20.1. The fourth-order valence-corrected chi connectivity index (χ4v) is 6.04. The van der Waals surface area contributed by atoms with E-state index in [9.17, 15) is 34.8 Å². The standard InChI is InChI=1S/C20H24F3N3O6S2/c1-3-32-19(27)12-26-18-7-5-6-17(16(18)11-24-26)25-34(30,31)15-9-13(20(21,22)23)8-14(10-15)33(28,29)4-2/h8-11,17,25H,3-7,12H2,1-2H3. The van der Waals surface area contributed by atoms with Gasteiger partial charge in [-0.1, -0.05) is 6.92 Å². The van der Waals surface area contributed by atoms with Gasteiger partial charge in [0.25, 0.3) is 0 Å². The Bertz CT molecular complexity index is 1290. The van der Waals surface area contributed by atoms with E-state index in [2.05, 4.69) is 9.82 Å². The van der Waals surface area contributed by atoms with E-state index in [-0.39, 0.29) is 13.2 Å². The lowest BCUT2D eigenvalue weighted by molar-refractivity contribution is -0.144. The summed E-state index contributed by atoms with van der Waals surface area (Å²) in [6, 6.07) is 0.746. The fraction of sp³-hybridized carbons (Fsp3) is 0.500. The average molecular weight is 524 g/mol. The molecule has 0 fully saturated rings. The third kappa shape index (κ3) is 5.61. The Morgan fingerprint density at radius 3 is 2.47 bits per heavy atom. The first-order valence-electron chi connectivity index (χ1n) is 10.5. The molecule has 0 saturated heterocycles. The van der Waals surface area contributed by atoms with Crippen molar-refractivity contribution in [2.24, 2.45) is 0 Å². The summed E-state index contributed by atoms with van der Waals surface area (Å²) in [5.41, 5.74) is -0.271. The highest BCUT2D eigenvalue weighted by molar-refractivity contribution is 7.91. The number of sulfone groups is 1. The Balaban J connectivity index is 1.97. The zero-order chi connectivity index (χ0) is 25.3. The Kier molecular flexibility index (Phi) is 7.43. The van der Waals surface area contributed by atoms with Crippen LogP contribution >= 0.6 is 0 Å². The summed E-state index contributed by atoms with van der Waals surface area (Å²) >= 11 is 0. The van der Waals surface area contributed by atoms with Gasteiger partial charge in [0, 0.05) is 11.3 Å². The van der Waals surface area contributed by atoms with Crippen molar-refractivity contribution in [3.8, 4) is 0 Å². The number of fused-ring (bicyclic) bond motifs is 1. The van der Waals surface area contributed by atoms with Crippen molar-refractivity contribution in [3.63, 3.8) is 0 Å². The minimum atomic E-state index is -4.95. The number of carbonyl (C=O) groups excluding carboxylic acids is 1. The van der Waals surface area contributed by atoms with Crippen LogP contribution < -0.4 is 4.72 Å². The number of esters is 1. The molecular formula is C20H24F3N3O6S2. The van der Waals surface area contributed by atoms with Crippen LogP contribution in [0.5, 0.6) is 0 Å². The number of aromatic nitrogens is 2. The zero-order valence-electron chi connectivity index (χ0n) is 18.4. The monoisotopic (exact) mass is 523 g/mol. The van der Waals surface area contributed by atoms with Gasteiger partial charge in [-0.3, -0.25) is 9.48 Å². The van der Waals surface area contributed by atoms with Crippen molar-refractivity contribution < 1.29 is 39.5 Å². The summed E-state index contributed by atoms with van der Waals surface area (Å²) in [5, 5.41) is 4.13. The number of nitrogens with one attached hydrogen (secondary N) is 1. The fourth-order valence-electron chi connectivity index (χ4n) is 3.70. The third-order valence-corrected chi connectivity index (χ3v) is 8.57. The minimum Gasteiger partial charge on any atom is -0.465 e. The maximum atomic E-state index is 13.4. The van der Waals surface area contributed by atoms with Gasteiger partial charge in [-0.2, -0.15) is 18.3 Å². The lowest BCUT2D eigenvalue weighted by Gasteiger charge is -2.24. The molecule has 2 aromatic rings. The molecule has 1 aliphatic rings. The van der Waals surface area contributed by atoms with Gasteiger partial charge in [0.15, 0.2) is 9.84 Å². The molecule has 1 aromatic carbocycles. The maximum Gasteiger partial charge on any atom is 0.416 e. The molecule has 0 spiro atoms. The van der Waals surface area contributed by atoms with E-state index in [1.165, 1.54) is 17.8 Å². The summed E-state index contributed by atoms with van der Waals surface area (Å²) in [4.78, 5) is 10.3. The summed E-state index contributed by atoms with van der Waals surface area (Å²) in [6.07, 6.45) is -2.14. The molecule has 34 heavy (non-hydrogen) atoms. The van der Waals surface area contributed by atoms with Crippen molar-refractivity contribution >= 4 is 25.8 Å². The minimum absolute atomic E-state index is 0.158. The van der Waals surface area contributed by atoms with Crippen molar-refractivity contribution in [2.45, 2.75) is 61.7 Å². The molecule has 1 aromatic heterocycles. The van der Waals surface area contributed by atoms with Crippen LogP contribution in [-0.2, 0) is 48.5 Å². The van der Waals surface area contributed by atoms with Gasteiger partial charge >= 0.3 is 12.1 Å². The average Bonchev–Trinajstić information content (AvgIpc) is 3.16. The molecule has 1 N–H and O–H groups in total. The van der Waals surface area contributed by atoms with Gasteiger partial charge in [0.2, 0.25) is 10.0 Å². The second-order valence-corrected chi connectivity index (χ2v) is 11.7. The van der Waals surface area contributed by atoms with Crippen LogP contribution in [-0.4, -0.2) is 44.9 Å². The van der Waals surface area contributed by atoms with Gasteiger partial charge in [0.05, 0.1) is 40.0 Å². The number of rotatable bonds is 8. The third-order valence-electron chi connectivity index (χ3n) is 5.40. The first-order valence-corrected chi connectivity index (χ1v) is 13.6. The number of ether oxygens (including phenoxy) is 1. The van der Waals surface area contributed by atoms with E-state index in [4.69, 9.17) is 4.74 Å².